The topological polar surface area (TPSA) is 24.7 Å². The second-order valence-electron chi connectivity index (χ2n) is 5.32. The summed E-state index contributed by atoms with van der Waals surface area (Å²) in [5, 5.41) is 7.77. The third-order valence-electron chi connectivity index (χ3n) is 3.41. The maximum Gasteiger partial charge on any atom is 0.159 e. The highest BCUT2D eigenvalue weighted by molar-refractivity contribution is 5.82. The first kappa shape index (κ1) is 17.7. The first-order valence-corrected chi connectivity index (χ1v) is 7.94. The van der Waals surface area contributed by atoms with Crippen LogP contribution in [0.3, 0.4) is 0 Å². The number of rotatable bonds is 7. The molecule has 124 valence electrons. The van der Waals surface area contributed by atoms with E-state index >= 15 is 0 Å². The molecule has 2 aromatic carbocycles. The Labute approximate surface area is 141 Å². The van der Waals surface area contributed by atoms with Gasteiger partial charge in [-0.05, 0) is 48.1 Å². The molecule has 0 amide bonds. The van der Waals surface area contributed by atoms with E-state index in [-0.39, 0.29) is 0 Å². The highest BCUT2D eigenvalue weighted by atomic mass is 19.2. The lowest BCUT2D eigenvalue weighted by atomic mass is 10.1. The van der Waals surface area contributed by atoms with Crippen molar-refractivity contribution in [1.29, 1.82) is 0 Å². The zero-order valence-corrected chi connectivity index (χ0v) is 13.6. The molecule has 0 bridgehead atoms. The van der Waals surface area contributed by atoms with Crippen molar-refractivity contribution in [2.24, 2.45) is 10.2 Å². The van der Waals surface area contributed by atoms with Crippen molar-refractivity contribution in [2.45, 2.75) is 26.2 Å². The Kier molecular flexibility index (Phi) is 7.02. The van der Waals surface area contributed by atoms with Gasteiger partial charge in [0.25, 0.3) is 0 Å². The fraction of sp³-hybridized carbons (Fsp3) is 0.200. The van der Waals surface area contributed by atoms with E-state index in [9.17, 15) is 8.78 Å². The quantitative estimate of drug-likeness (QED) is 0.374. The van der Waals surface area contributed by atoms with Gasteiger partial charge in [0, 0.05) is 0 Å². The molecular formula is C20H20F2N2. The van der Waals surface area contributed by atoms with Crippen LogP contribution in [-0.4, -0.2) is 12.4 Å². The van der Waals surface area contributed by atoms with Gasteiger partial charge in [-0.1, -0.05) is 49.4 Å². The Morgan fingerprint density at radius 2 is 1.50 bits per heavy atom. The standard InChI is InChI=1S/C20H20F2N2/c1-2-3-4-5-6-16-7-9-17(10-8-16)14-23-24-15-18-11-12-19(21)20(22)13-18/h3-4,7-15H,2,5-6H2,1H3/b4-3+,23-14?,24-15?. The van der Waals surface area contributed by atoms with E-state index in [1.807, 2.05) is 12.1 Å². The molecule has 0 fully saturated rings. The van der Waals surface area contributed by atoms with E-state index in [1.54, 1.807) is 6.21 Å². The first-order valence-electron chi connectivity index (χ1n) is 7.94. The summed E-state index contributed by atoms with van der Waals surface area (Å²) < 4.78 is 25.8. The third kappa shape index (κ3) is 5.88. The SMILES string of the molecule is CC/C=C/CCc1ccc(C=NN=Cc2ccc(F)c(F)c2)cc1. The van der Waals surface area contributed by atoms with Crippen LogP contribution < -0.4 is 0 Å². The molecule has 0 atom stereocenters. The van der Waals surface area contributed by atoms with Crippen LogP contribution >= 0.6 is 0 Å². The summed E-state index contributed by atoms with van der Waals surface area (Å²) in [7, 11) is 0. The molecule has 0 heterocycles. The summed E-state index contributed by atoms with van der Waals surface area (Å²) in [5.41, 5.74) is 2.67. The molecule has 2 aromatic rings. The van der Waals surface area contributed by atoms with Gasteiger partial charge in [-0.3, -0.25) is 0 Å². The summed E-state index contributed by atoms with van der Waals surface area (Å²) >= 11 is 0. The molecule has 0 spiro atoms. The first-order chi connectivity index (χ1) is 11.7. The maximum absolute atomic E-state index is 13.0. The van der Waals surface area contributed by atoms with Gasteiger partial charge >= 0.3 is 0 Å². The largest absolute Gasteiger partial charge is 0.204 e. The molecule has 0 aliphatic heterocycles. The molecule has 2 rings (SSSR count). The molecule has 4 heteroatoms. The number of allylic oxidation sites excluding steroid dienone is 2. The molecule has 0 saturated heterocycles. The van der Waals surface area contributed by atoms with E-state index in [4.69, 9.17) is 0 Å². The van der Waals surface area contributed by atoms with Crippen molar-refractivity contribution in [3.8, 4) is 0 Å². The van der Waals surface area contributed by atoms with Gasteiger partial charge in [-0.25, -0.2) is 8.78 Å². The van der Waals surface area contributed by atoms with Gasteiger partial charge in [0.1, 0.15) is 0 Å². The molecule has 0 radical (unpaired) electrons. The molecule has 0 aliphatic rings. The second-order valence-corrected chi connectivity index (χ2v) is 5.32. The monoisotopic (exact) mass is 326 g/mol. The van der Waals surface area contributed by atoms with Crippen LogP contribution in [0.4, 0.5) is 8.78 Å². The Hall–Kier alpha value is -2.62. The number of aryl methyl sites for hydroxylation is 1. The fourth-order valence-corrected chi connectivity index (χ4v) is 2.10. The highest BCUT2D eigenvalue weighted by Crippen LogP contribution is 2.08. The van der Waals surface area contributed by atoms with Gasteiger partial charge < -0.3 is 0 Å². The van der Waals surface area contributed by atoms with E-state index < -0.39 is 11.6 Å². The molecule has 2 nitrogen and oxygen atoms in total. The number of halogens is 2. The van der Waals surface area contributed by atoms with Crippen molar-refractivity contribution >= 4 is 12.4 Å². The van der Waals surface area contributed by atoms with Gasteiger partial charge in [0.2, 0.25) is 0 Å². The van der Waals surface area contributed by atoms with Crippen molar-refractivity contribution in [2.75, 3.05) is 0 Å². The maximum atomic E-state index is 13.0. The van der Waals surface area contributed by atoms with E-state index in [1.165, 1.54) is 17.8 Å². The molecule has 0 saturated carbocycles. The van der Waals surface area contributed by atoms with Gasteiger partial charge in [-0.2, -0.15) is 10.2 Å². The normalized spacial score (nSPS) is 12.0. The van der Waals surface area contributed by atoms with Crippen LogP contribution in [0.2, 0.25) is 0 Å². The minimum atomic E-state index is -0.896. The molecular weight excluding hydrogens is 306 g/mol. The Balaban J connectivity index is 1.88. The van der Waals surface area contributed by atoms with E-state index in [0.717, 1.165) is 37.0 Å². The smallest absolute Gasteiger partial charge is 0.159 e. The molecule has 0 unspecified atom stereocenters. The van der Waals surface area contributed by atoms with Gasteiger partial charge in [-0.15, -0.1) is 0 Å². The summed E-state index contributed by atoms with van der Waals surface area (Å²) in [4.78, 5) is 0. The van der Waals surface area contributed by atoms with Gasteiger partial charge in [0.05, 0.1) is 12.4 Å². The predicted octanol–water partition coefficient (Wildman–Crippen LogP) is 5.32. The lowest BCUT2D eigenvalue weighted by molar-refractivity contribution is 0.508. The lowest BCUT2D eigenvalue weighted by Crippen LogP contribution is -1.88. The molecule has 0 aromatic heterocycles. The van der Waals surface area contributed by atoms with Crippen LogP contribution in [0, 0.1) is 11.6 Å². The average molecular weight is 326 g/mol. The Morgan fingerprint density at radius 1 is 0.833 bits per heavy atom. The zero-order valence-electron chi connectivity index (χ0n) is 13.6. The summed E-state index contributed by atoms with van der Waals surface area (Å²) in [6.07, 6.45) is 10.5. The van der Waals surface area contributed by atoms with E-state index in [2.05, 4.69) is 41.4 Å². The summed E-state index contributed by atoms with van der Waals surface area (Å²) in [6, 6.07) is 11.7. The summed E-state index contributed by atoms with van der Waals surface area (Å²) in [6.45, 7) is 2.12. The van der Waals surface area contributed by atoms with Crippen molar-refractivity contribution in [1.82, 2.24) is 0 Å². The number of hydrogen-bond acceptors (Lipinski definition) is 2. The fourth-order valence-electron chi connectivity index (χ4n) is 2.10. The van der Waals surface area contributed by atoms with Crippen molar-refractivity contribution in [3.05, 3.63) is 82.9 Å². The van der Waals surface area contributed by atoms with Crippen LogP contribution in [0.15, 0.2) is 64.8 Å². The minimum Gasteiger partial charge on any atom is -0.204 e. The molecule has 0 aliphatic carbocycles. The van der Waals surface area contributed by atoms with Crippen LogP contribution in [0.5, 0.6) is 0 Å². The van der Waals surface area contributed by atoms with Crippen molar-refractivity contribution < 1.29 is 8.78 Å². The highest BCUT2D eigenvalue weighted by Gasteiger charge is 2.00. The predicted molar refractivity (Wildman–Crippen MR) is 95.7 cm³/mol. The summed E-state index contributed by atoms with van der Waals surface area (Å²) in [5.74, 6) is -1.77. The van der Waals surface area contributed by atoms with Crippen LogP contribution in [0.25, 0.3) is 0 Å². The third-order valence-corrected chi connectivity index (χ3v) is 3.41. The van der Waals surface area contributed by atoms with Crippen molar-refractivity contribution in [3.63, 3.8) is 0 Å². The Bertz CT molecular complexity index is 732. The second kappa shape index (κ2) is 9.50. The number of benzene rings is 2. The average Bonchev–Trinajstić information content (AvgIpc) is 2.60. The zero-order chi connectivity index (χ0) is 17.2. The molecule has 24 heavy (non-hydrogen) atoms. The number of nitrogens with zero attached hydrogens (tertiary/aromatic N) is 2. The van der Waals surface area contributed by atoms with Crippen LogP contribution in [0.1, 0.15) is 36.5 Å². The van der Waals surface area contributed by atoms with E-state index in [0.29, 0.717) is 5.56 Å². The van der Waals surface area contributed by atoms with Crippen LogP contribution in [-0.2, 0) is 6.42 Å². The Morgan fingerprint density at radius 3 is 2.17 bits per heavy atom. The van der Waals surface area contributed by atoms with Gasteiger partial charge in [0.15, 0.2) is 11.6 Å². The minimum absolute atomic E-state index is 0.460. The lowest BCUT2D eigenvalue weighted by Gasteiger charge is -1.99. The number of hydrogen-bond donors (Lipinski definition) is 0. The molecule has 0 N–H and O–H groups in total.